The number of halogens is 1. The highest BCUT2D eigenvalue weighted by molar-refractivity contribution is 6.30. The van der Waals surface area contributed by atoms with E-state index in [0.717, 1.165) is 0 Å². The van der Waals surface area contributed by atoms with Crippen LogP contribution in [0.25, 0.3) is 0 Å². The Kier molecular flexibility index (Phi) is 5.65. The molecule has 2 aromatic rings. The van der Waals surface area contributed by atoms with E-state index in [9.17, 15) is 14.4 Å². The third kappa shape index (κ3) is 4.12. The normalized spacial score (nSPS) is 19.5. The zero-order chi connectivity index (χ0) is 21.2. The summed E-state index contributed by atoms with van der Waals surface area (Å²) in [5, 5.41) is 3.81. The summed E-state index contributed by atoms with van der Waals surface area (Å²) in [5.41, 5.74) is 1.55. The third-order valence-corrected chi connectivity index (χ3v) is 4.83. The van der Waals surface area contributed by atoms with Crippen molar-refractivity contribution in [1.29, 1.82) is 0 Å². The van der Waals surface area contributed by atoms with Gasteiger partial charge in [0.05, 0.1) is 7.11 Å². The summed E-state index contributed by atoms with van der Waals surface area (Å²) in [7, 11) is 1.53. The average molecular weight is 418 g/mol. The van der Waals surface area contributed by atoms with Gasteiger partial charge in [-0.25, -0.2) is 4.79 Å². The Morgan fingerprint density at radius 3 is 2.28 bits per heavy atom. The predicted molar refractivity (Wildman–Crippen MR) is 105 cm³/mol. The fraction of sp³-hybridized carbons (Fsp3) is 0.250. The molecule has 0 saturated carbocycles. The van der Waals surface area contributed by atoms with Gasteiger partial charge in [0.2, 0.25) is 0 Å². The van der Waals surface area contributed by atoms with Gasteiger partial charge < -0.3 is 14.8 Å². The van der Waals surface area contributed by atoms with E-state index in [1.165, 1.54) is 14.0 Å². The number of hydrogen-bond acceptors (Lipinski definition) is 5. The summed E-state index contributed by atoms with van der Waals surface area (Å²) in [6.45, 7) is 3.07. The monoisotopic (exact) mass is 417 g/mol. The molecule has 0 radical (unpaired) electrons. The van der Waals surface area contributed by atoms with E-state index in [-0.39, 0.29) is 0 Å². The maximum atomic E-state index is 12.9. The van der Waals surface area contributed by atoms with E-state index in [1.807, 2.05) is 0 Å². The summed E-state index contributed by atoms with van der Waals surface area (Å²) in [6, 6.07) is 12.5. The SMILES string of the molecule is COc1ccc([C@@]2(C)NC(=O)N(NC(=O)[C@H](C)Oc3ccc(Cl)cc3)C2=O)cc1. The molecule has 3 rings (SSSR count). The quantitative estimate of drug-likeness (QED) is 0.704. The number of amides is 4. The van der Waals surface area contributed by atoms with Crippen molar-refractivity contribution >= 4 is 29.4 Å². The van der Waals surface area contributed by atoms with Crippen LogP contribution in [0, 0.1) is 0 Å². The van der Waals surface area contributed by atoms with Crippen LogP contribution in [-0.2, 0) is 15.1 Å². The number of rotatable bonds is 6. The standard InChI is InChI=1S/C20H20ClN3O5/c1-12(29-16-10-6-14(21)7-11-16)17(25)23-24-18(26)20(2,22-19(24)27)13-4-8-15(28-3)9-5-13/h4-12H,1-3H3,(H,22,27)(H,23,25)/t12-,20+/m0/s1. The molecule has 0 spiro atoms. The lowest BCUT2D eigenvalue weighted by Gasteiger charge is -2.23. The van der Waals surface area contributed by atoms with Crippen LogP contribution in [0.3, 0.4) is 0 Å². The van der Waals surface area contributed by atoms with Gasteiger partial charge in [-0.3, -0.25) is 15.0 Å². The van der Waals surface area contributed by atoms with Crippen molar-refractivity contribution in [2.24, 2.45) is 0 Å². The molecule has 0 aliphatic carbocycles. The number of carbonyl (C=O) groups excluding carboxylic acids is 3. The van der Waals surface area contributed by atoms with Crippen LogP contribution in [0.4, 0.5) is 4.79 Å². The van der Waals surface area contributed by atoms with Crippen molar-refractivity contribution < 1.29 is 23.9 Å². The lowest BCUT2D eigenvalue weighted by molar-refractivity contribution is -0.141. The summed E-state index contributed by atoms with van der Waals surface area (Å²) < 4.78 is 10.6. The molecule has 29 heavy (non-hydrogen) atoms. The average Bonchev–Trinajstić information content (AvgIpc) is 2.93. The molecule has 2 N–H and O–H groups in total. The number of ether oxygens (including phenoxy) is 2. The van der Waals surface area contributed by atoms with Crippen LogP contribution in [0.1, 0.15) is 19.4 Å². The Morgan fingerprint density at radius 1 is 1.10 bits per heavy atom. The Bertz CT molecular complexity index is 932. The van der Waals surface area contributed by atoms with E-state index in [0.29, 0.717) is 27.1 Å². The van der Waals surface area contributed by atoms with Gasteiger partial charge >= 0.3 is 6.03 Å². The van der Waals surface area contributed by atoms with Crippen LogP contribution in [0.15, 0.2) is 48.5 Å². The maximum absolute atomic E-state index is 12.9. The smallest absolute Gasteiger partial charge is 0.344 e. The number of carbonyl (C=O) groups is 3. The molecule has 4 amide bonds. The van der Waals surface area contributed by atoms with Gasteiger partial charge in [0.1, 0.15) is 17.0 Å². The van der Waals surface area contributed by atoms with Crippen LogP contribution < -0.4 is 20.2 Å². The molecule has 9 heteroatoms. The molecule has 2 aromatic carbocycles. The van der Waals surface area contributed by atoms with Crippen molar-refractivity contribution in [3.8, 4) is 11.5 Å². The molecule has 2 atom stereocenters. The van der Waals surface area contributed by atoms with Gasteiger partial charge in [0.15, 0.2) is 6.10 Å². The summed E-state index contributed by atoms with van der Waals surface area (Å²) >= 11 is 5.82. The van der Waals surface area contributed by atoms with E-state index >= 15 is 0 Å². The van der Waals surface area contributed by atoms with Gasteiger partial charge in [0.25, 0.3) is 11.8 Å². The third-order valence-electron chi connectivity index (χ3n) is 4.58. The molecule has 1 aliphatic heterocycles. The van der Waals surface area contributed by atoms with Gasteiger partial charge in [0, 0.05) is 5.02 Å². The molecule has 0 aromatic heterocycles. The number of nitrogens with zero attached hydrogens (tertiary/aromatic N) is 1. The van der Waals surface area contributed by atoms with E-state index < -0.39 is 29.5 Å². The van der Waals surface area contributed by atoms with Crippen molar-refractivity contribution in [1.82, 2.24) is 15.8 Å². The zero-order valence-corrected chi connectivity index (χ0v) is 16.8. The molecule has 1 aliphatic rings. The number of benzene rings is 2. The number of hydrogen-bond donors (Lipinski definition) is 2. The first kappa shape index (κ1) is 20.5. The minimum atomic E-state index is -1.32. The van der Waals surface area contributed by atoms with Gasteiger partial charge in [-0.15, -0.1) is 0 Å². The van der Waals surface area contributed by atoms with Gasteiger partial charge in [-0.2, -0.15) is 5.01 Å². The lowest BCUT2D eigenvalue weighted by atomic mass is 9.92. The first-order valence-electron chi connectivity index (χ1n) is 8.78. The molecule has 1 heterocycles. The first-order valence-corrected chi connectivity index (χ1v) is 9.16. The second-order valence-corrected chi connectivity index (χ2v) is 7.05. The topological polar surface area (TPSA) is 97.0 Å². The fourth-order valence-electron chi connectivity index (χ4n) is 2.83. The summed E-state index contributed by atoms with van der Waals surface area (Å²) in [5.74, 6) is -0.216. The van der Waals surface area contributed by atoms with E-state index in [2.05, 4.69) is 10.7 Å². The Hall–Kier alpha value is -3.26. The molecule has 1 fully saturated rings. The number of urea groups is 1. The van der Waals surface area contributed by atoms with E-state index in [4.69, 9.17) is 21.1 Å². The van der Waals surface area contributed by atoms with E-state index in [1.54, 1.807) is 55.5 Å². The van der Waals surface area contributed by atoms with Crippen molar-refractivity contribution in [3.05, 3.63) is 59.1 Å². The second kappa shape index (κ2) is 8.00. The number of imide groups is 1. The number of nitrogens with one attached hydrogen (secondary N) is 2. The van der Waals surface area contributed by atoms with Crippen molar-refractivity contribution in [3.63, 3.8) is 0 Å². The van der Waals surface area contributed by atoms with Crippen LogP contribution in [-0.4, -0.2) is 36.1 Å². The Labute approximate surface area is 172 Å². The van der Waals surface area contributed by atoms with Gasteiger partial charge in [-0.05, 0) is 55.8 Å². The van der Waals surface area contributed by atoms with Gasteiger partial charge in [-0.1, -0.05) is 23.7 Å². The summed E-state index contributed by atoms with van der Waals surface area (Å²) in [4.78, 5) is 37.7. The summed E-state index contributed by atoms with van der Waals surface area (Å²) in [6.07, 6.45) is -0.954. The number of hydrazine groups is 1. The largest absolute Gasteiger partial charge is 0.497 e. The van der Waals surface area contributed by atoms with Crippen LogP contribution >= 0.6 is 11.6 Å². The molecule has 152 valence electrons. The van der Waals surface area contributed by atoms with Crippen molar-refractivity contribution in [2.45, 2.75) is 25.5 Å². The predicted octanol–water partition coefficient (Wildman–Crippen LogP) is 2.61. The zero-order valence-electron chi connectivity index (χ0n) is 16.1. The Morgan fingerprint density at radius 2 is 1.69 bits per heavy atom. The highest BCUT2D eigenvalue weighted by Gasteiger charge is 2.50. The highest BCUT2D eigenvalue weighted by atomic mass is 35.5. The first-order chi connectivity index (χ1) is 13.7. The molecular weight excluding hydrogens is 398 g/mol. The number of methoxy groups -OCH3 is 1. The lowest BCUT2D eigenvalue weighted by Crippen LogP contribution is -2.51. The maximum Gasteiger partial charge on any atom is 0.344 e. The van der Waals surface area contributed by atoms with Crippen LogP contribution in [0.5, 0.6) is 11.5 Å². The molecule has 1 saturated heterocycles. The minimum absolute atomic E-state index is 0.428. The van der Waals surface area contributed by atoms with Crippen molar-refractivity contribution in [2.75, 3.05) is 7.11 Å². The minimum Gasteiger partial charge on any atom is -0.497 e. The molecule has 0 unspecified atom stereocenters. The molecular formula is C20H20ClN3O5. The molecule has 0 bridgehead atoms. The second-order valence-electron chi connectivity index (χ2n) is 6.61. The van der Waals surface area contributed by atoms with Crippen LogP contribution in [0.2, 0.25) is 5.02 Å². The Balaban J connectivity index is 1.70. The fourth-order valence-corrected chi connectivity index (χ4v) is 2.96. The highest BCUT2D eigenvalue weighted by Crippen LogP contribution is 2.29. The molecule has 8 nitrogen and oxygen atoms in total.